The van der Waals surface area contributed by atoms with E-state index >= 15 is 0 Å². The van der Waals surface area contributed by atoms with Gasteiger partial charge >= 0.3 is 0 Å². The van der Waals surface area contributed by atoms with Crippen LogP contribution in [0.1, 0.15) is 35.8 Å². The van der Waals surface area contributed by atoms with Gasteiger partial charge in [-0.05, 0) is 38.0 Å². The standard InChI is InChI=1S/C20H25F2N5O2/c1-3-29-15-7-9-24-17(10-15)25-16-5-4-13(2)18(26-16)19(28)27-12-20(21,22)8-6-14(27)11-23/h4-5,7,9-10,14H,3,6,8,11-12,23H2,1-2H3,(H,24,25,26). The number of aromatic nitrogens is 2. The Balaban J connectivity index is 1.84. The van der Waals surface area contributed by atoms with Crippen molar-refractivity contribution in [3.63, 3.8) is 0 Å². The van der Waals surface area contributed by atoms with Crippen LogP contribution in [0.2, 0.25) is 0 Å². The second-order valence-electron chi connectivity index (χ2n) is 7.01. The summed E-state index contributed by atoms with van der Waals surface area (Å²) >= 11 is 0. The molecule has 0 bridgehead atoms. The molecule has 1 saturated heterocycles. The number of nitrogens with zero attached hydrogens (tertiary/aromatic N) is 3. The third-order valence-corrected chi connectivity index (χ3v) is 4.82. The minimum atomic E-state index is -2.92. The number of amides is 1. The van der Waals surface area contributed by atoms with Crippen LogP contribution in [0.3, 0.4) is 0 Å². The number of carbonyl (C=O) groups excluding carboxylic acids is 1. The van der Waals surface area contributed by atoms with Gasteiger partial charge in [-0.3, -0.25) is 4.79 Å². The molecular weight excluding hydrogens is 380 g/mol. The van der Waals surface area contributed by atoms with Crippen molar-refractivity contribution < 1.29 is 18.3 Å². The molecule has 1 amide bonds. The minimum absolute atomic E-state index is 0.118. The molecule has 9 heteroatoms. The highest BCUT2D eigenvalue weighted by molar-refractivity contribution is 5.94. The molecule has 3 N–H and O–H groups in total. The number of rotatable bonds is 6. The van der Waals surface area contributed by atoms with E-state index in [0.717, 1.165) is 4.90 Å². The van der Waals surface area contributed by atoms with Crippen LogP contribution in [-0.4, -0.2) is 52.4 Å². The molecule has 3 heterocycles. The summed E-state index contributed by atoms with van der Waals surface area (Å²) in [6, 6.07) is 6.43. The van der Waals surface area contributed by atoms with Gasteiger partial charge in [0.1, 0.15) is 23.1 Å². The van der Waals surface area contributed by atoms with Gasteiger partial charge in [0.05, 0.1) is 13.2 Å². The molecule has 2 aromatic heterocycles. The van der Waals surface area contributed by atoms with Crippen LogP contribution in [0, 0.1) is 6.92 Å². The summed E-state index contributed by atoms with van der Waals surface area (Å²) in [6.45, 7) is 3.61. The topological polar surface area (TPSA) is 93.4 Å². The quantitative estimate of drug-likeness (QED) is 0.767. The maximum Gasteiger partial charge on any atom is 0.273 e. The van der Waals surface area contributed by atoms with E-state index in [1.165, 1.54) is 0 Å². The highest BCUT2D eigenvalue weighted by Crippen LogP contribution is 2.31. The van der Waals surface area contributed by atoms with Gasteiger partial charge < -0.3 is 20.7 Å². The average molecular weight is 405 g/mol. The Morgan fingerprint density at radius 3 is 2.90 bits per heavy atom. The second kappa shape index (κ2) is 8.69. The van der Waals surface area contributed by atoms with Crippen molar-refractivity contribution in [2.45, 2.75) is 38.7 Å². The monoisotopic (exact) mass is 405 g/mol. The van der Waals surface area contributed by atoms with Crippen molar-refractivity contribution in [1.82, 2.24) is 14.9 Å². The van der Waals surface area contributed by atoms with Crippen LogP contribution in [0.4, 0.5) is 20.4 Å². The molecular formula is C20H25F2N5O2. The third kappa shape index (κ3) is 4.97. The number of alkyl halides is 2. The highest BCUT2D eigenvalue weighted by Gasteiger charge is 2.42. The SMILES string of the molecule is CCOc1ccnc(Nc2ccc(C)c(C(=O)N3CC(F)(F)CCC3CN)n2)c1. The number of anilines is 2. The normalized spacial score (nSPS) is 18.4. The first kappa shape index (κ1) is 20.9. The number of carbonyl (C=O) groups is 1. The summed E-state index contributed by atoms with van der Waals surface area (Å²) < 4.78 is 33.3. The summed E-state index contributed by atoms with van der Waals surface area (Å²) in [5, 5.41) is 3.02. The van der Waals surface area contributed by atoms with E-state index in [2.05, 4.69) is 15.3 Å². The molecule has 0 aliphatic carbocycles. The number of aryl methyl sites for hydroxylation is 1. The van der Waals surface area contributed by atoms with Gasteiger partial charge in [-0.15, -0.1) is 0 Å². The van der Waals surface area contributed by atoms with Crippen molar-refractivity contribution in [3.05, 3.63) is 41.7 Å². The molecule has 1 aliphatic heterocycles. The Kier molecular flexibility index (Phi) is 6.26. The zero-order chi connectivity index (χ0) is 21.0. The number of pyridine rings is 2. The number of hydrogen-bond acceptors (Lipinski definition) is 6. The predicted octanol–water partition coefficient (Wildman–Crippen LogP) is 3.13. The predicted molar refractivity (Wildman–Crippen MR) is 106 cm³/mol. The molecule has 2 aromatic rings. The summed E-state index contributed by atoms with van der Waals surface area (Å²) in [6.07, 6.45) is 1.49. The van der Waals surface area contributed by atoms with Crippen LogP contribution in [0.15, 0.2) is 30.5 Å². The number of ether oxygens (including phenoxy) is 1. The summed E-state index contributed by atoms with van der Waals surface area (Å²) in [5.74, 6) is -1.94. The molecule has 0 radical (unpaired) electrons. The third-order valence-electron chi connectivity index (χ3n) is 4.82. The second-order valence-corrected chi connectivity index (χ2v) is 7.01. The first-order valence-electron chi connectivity index (χ1n) is 9.55. The van der Waals surface area contributed by atoms with Crippen molar-refractivity contribution >= 4 is 17.5 Å². The Morgan fingerprint density at radius 1 is 1.38 bits per heavy atom. The molecule has 0 spiro atoms. The smallest absolute Gasteiger partial charge is 0.273 e. The largest absolute Gasteiger partial charge is 0.494 e. The molecule has 0 saturated carbocycles. The average Bonchev–Trinajstić information content (AvgIpc) is 2.69. The van der Waals surface area contributed by atoms with E-state index in [4.69, 9.17) is 10.5 Å². The minimum Gasteiger partial charge on any atom is -0.494 e. The molecule has 3 rings (SSSR count). The van der Waals surface area contributed by atoms with E-state index in [0.29, 0.717) is 29.6 Å². The van der Waals surface area contributed by atoms with Crippen molar-refractivity contribution in [2.24, 2.45) is 5.73 Å². The molecule has 1 aliphatic rings. The molecule has 29 heavy (non-hydrogen) atoms. The molecule has 1 unspecified atom stereocenters. The number of halogens is 2. The van der Waals surface area contributed by atoms with Gasteiger partial charge in [0.2, 0.25) is 0 Å². The van der Waals surface area contributed by atoms with Gasteiger partial charge in [-0.1, -0.05) is 6.07 Å². The molecule has 7 nitrogen and oxygen atoms in total. The van der Waals surface area contributed by atoms with E-state index < -0.39 is 24.4 Å². The van der Waals surface area contributed by atoms with Crippen LogP contribution in [-0.2, 0) is 0 Å². The van der Waals surface area contributed by atoms with Gasteiger partial charge in [0.15, 0.2) is 0 Å². The number of nitrogens with one attached hydrogen (secondary N) is 1. The van der Waals surface area contributed by atoms with Crippen molar-refractivity contribution in [3.8, 4) is 5.75 Å². The van der Waals surface area contributed by atoms with Crippen LogP contribution in [0.5, 0.6) is 5.75 Å². The van der Waals surface area contributed by atoms with Gasteiger partial charge in [-0.25, -0.2) is 18.7 Å². The summed E-state index contributed by atoms with van der Waals surface area (Å²) in [4.78, 5) is 22.8. The maximum atomic E-state index is 13.9. The highest BCUT2D eigenvalue weighted by atomic mass is 19.3. The zero-order valence-corrected chi connectivity index (χ0v) is 16.5. The molecule has 1 atom stereocenters. The zero-order valence-electron chi connectivity index (χ0n) is 16.5. The van der Waals surface area contributed by atoms with Crippen molar-refractivity contribution in [2.75, 3.05) is 25.0 Å². The van der Waals surface area contributed by atoms with Crippen molar-refractivity contribution in [1.29, 1.82) is 0 Å². The fraction of sp³-hybridized carbons (Fsp3) is 0.450. The van der Waals surface area contributed by atoms with Crippen LogP contribution < -0.4 is 15.8 Å². The van der Waals surface area contributed by atoms with E-state index in [1.54, 1.807) is 37.4 Å². The number of likely N-dealkylation sites (tertiary alicyclic amines) is 1. The first-order chi connectivity index (χ1) is 13.8. The molecule has 1 fully saturated rings. The lowest BCUT2D eigenvalue weighted by atomic mass is 9.98. The maximum absolute atomic E-state index is 13.9. The summed E-state index contributed by atoms with van der Waals surface area (Å²) in [7, 11) is 0. The van der Waals surface area contributed by atoms with E-state index in [-0.39, 0.29) is 25.1 Å². The van der Waals surface area contributed by atoms with Gasteiger partial charge in [-0.2, -0.15) is 0 Å². The van der Waals surface area contributed by atoms with Crippen LogP contribution in [0.25, 0.3) is 0 Å². The molecule has 0 aromatic carbocycles. The lowest BCUT2D eigenvalue weighted by Crippen LogP contribution is -2.54. The van der Waals surface area contributed by atoms with Gasteiger partial charge in [0, 0.05) is 31.3 Å². The Labute approximate surface area is 168 Å². The Morgan fingerprint density at radius 2 is 2.17 bits per heavy atom. The van der Waals surface area contributed by atoms with E-state index in [9.17, 15) is 13.6 Å². The number of piperidine rings is 1. The lowest BCUT2D eigenvalue weighted by molar-refractivity contribution is -0.0708. The van der Waals surface area contributed by atoms with Crippen LogP contribution >= 0.6 is 0 Å². The lowest BCUT2D eigenvalue weighted by Gasteiger charge is -2.39. The number of nitrogens with two attached hydrogens (primary N) is 1. The first-order valence-corrected chi connectivity index (χ1v) is 9.55. The summed E-state index contributed by atoms with van der Waals surface area (Å²) in [5.41, 5.74) is 6.43. The molecule has 156 valence electrons. The van der Waals surface area contributed by atoms with E-state index in [1.807, 2.05) is 6.92 Å². The Bertz CT molecular complexity index is 878. The fourth-order valence-corrected chi connectivity index (χ4v) is 3.29. The fourth-order valence-electron chi connectivity index (χ4n) is 3.29. The Hall–Kier alpha value is -2.81. The van der Waals surface area contributed by atoms with Gasteiger partial charge in [0.25, 0.3) is 11.8 Å². The number of hydrogen-bond donors (Lipinski definition) is 2.